The summed E-state index contributed by atoms with van der Waals surface area (Å²) in [5.41, 5.74) is 5.27. The summed E-state index contributed by atoms with van der Waals surface area (Å²) in [5, 5.41) is 4.39. The minimum Gasteiger partial charge on any atom is -0.273 e. The lowest BCUT2D eigenvalue weighted by Gasteiger charge is -2.10. The molecule has 1 aromatic rings. The van der Waals surface area contributed by atoms with Gasteiger partial charge in [-0.3, -0.25) is 4.79 Å². The van der Waals surface area contributed by atoms with Crippen molar-refractivity contribution in [1.82, 2.24) is 5.43 Å². The van der Waals surface area contributed by atoms with Gasteiger partial charge in [0.25, 0.3) is 0 Å². The molecule has 21 heavy (non-hydrogen) atoms. The Morgan fingerprint density at radius 1 is 1.00 bits per heavy atom. The van der Waals surface area contributed by atoms with Gasteiger partial charge in [-0.25, -0.2) is 5.43 Å². The van der Waals surface area contributed by atoms with Crippen LogP contribution in [0.5, 0.6) is 0 Å². The minimum atomic E-state index is 0.0958. The third-order valence-corrected chi connectivity index (χ3v) is 4.61. The molecule has 0 bridgehead atoms. The number of carbonyl (C=O) groups is 1. The molecule has 0 spiro atoms. The zero-order valence-corrected chi connectivity index (χ0v) is 12.6. The Kier molecular flexibility index (Phi) is 4.69. The van der Waals surface area contributed by atoms with Crippen LogP contribution in [0.3, 0.4) is 0 Å². The molecule has 3 heteroatoms. The number of nitrogens with one attached hydrogen (secondary N) is 1. The molecule has 112 valence electrons. The normalized spacial score (nSPS) is 25.6. The summed E-state index contributed by atoms with van der Waals surface area (Å²) in [4.78, 5) is 12.2. The summed E-state index contributed by atoms with van der Waals surface area (Å²) in [6.45, 7) is 0. The van der Waals surface area contributed by atoms with Crippen molar-refractivity contribution < 1.29 is 4.79 Å². The molecule has 1 amide bonds. The second-order valence-electron chi connectivity index (χ2n) is 6.28. The third-order valence-electron chi connectivity index (χ3n) is 4.61. The summed E-state index contributed by atoms with van der Waals surface area (Å²) in [5.74, 6) is 0.604. The molecule has 2 fully saturated rings. The van der Waals surface area contributed by atoms with E-state index in [2.05, 4.69) is 22.7 Å². The molecule has 0 heterocycles. The Hall–Kier alpha value is -1.64. The molecule has 1 aromatic carbocycles. The van der Waals surface area contributed by atoms with Crippen molar-refractivity contribution in [2.24, 2.45) is 11.0 Å². The van der Waals surface area contributed by atoms with Crippen LogP contribution in [-0.4, -0.2) is 11.6 Å². The second kappa shape index (κ2) is 6.88. The van der Waals surface area contributed by atoms with Crippen LogP contribution in [0.25, 0.3) is 0 Å². The van der Waals surface area contributed by atoms with Crippen molar-refractivity contribution in [3.8, 4) is 0 Å². The summed E-state index contributed by atoms with van der Waals surface area (Å²) >= 11 is 0. The predicted octanol–water partition coefficient (Wildman–Crippen LogP) is 4.01. The summed E-state index contributed by atoms with van der Waals surface area (Å²) in [6, 6.07) is 10.3. The van der Waals surface area contributed by atoms with Gasteiger partial charge in [0, 0.05) is 11.6 Å². The Bertz CT molecular complexity index is 499. The molecule has 2 aliphatic rings. The molecule has 1 N–H and O–H groups in total. The van der Waals surface area contributed by atoms with Crippen LogP contribution < -0.4 is 5.43 Å². The van der Waals surface area contributed by atoms with Gasteiger partial charge in [0.1, 0.15) is 0 Å². The van der Waals surface area contributed by atoms with Gasteiger partial charge >= 0.3 is 0 Å². The average Bonchev–Trinajstić information content (AvgIpc) is 3.27. The summed E-state index contributed by atoms with van der Waals surface area (Å²) in [7, 11) is 0. The molecule has 3 nitrogen and oxygen atoms in total. The van der Waals surface area contributed by atoms with E-state index in [9.17, 15) is 4.79 Å². The van der Waals surface area contributed by atoms with Crippen molar-refractivity contribution in [2.45, 2.75) is 57.3 Å². The van der Waals surface area contributed by atoms with Crippen LogP contribution in [0, 0.1) is 5.92 Å². The van der Waals surface area contributed by atoms with E-state index in [4.69, 9.17) is 0 Å². The molecule has 2 atom stereocenters. The number of carbonyl (C=O) groups excluding carboxylic acids is 1. The topological polar surface area (TPSA) is 41.5 Å². The maximum atomic E-state index is 12.2. The van der Waals surface area contributed by atoms with E-state index in [1.165, 1.54) is 43.4 Å². The lowest BCUT2D eigenvalue weighted by atomic mass is 9.99. The number of hydrogen-bond donors (Lipinski definition) is 1. The zero-order valence-electron chi connectivity index (χ0n) is 12.6. The second-order valence-corrected chi connectivity index (χ2v) is 6.28. The Balaban J connectivity index is 1.51. The Morgan fingerprint density at radius 3 is 2.38 bits per heavy atom. The third kappa shape index (κ3) is 3.93. The zero-order chi connectivity index (χ0) is 14.5. The van der Waals surface area contributed by atoms with Crippen molar-refractivity contribution in [2.75, 3.05) is 0 Å². The molecule has 0 aromatic heterocycles. The number of benzene rings is 1. The van der Waals surface area contributed by atoms with Crippen molar-refractivity contribution in [1.29, 1.82) is 0 Å². The Labute approximate surface area is 126 Å². The quantitative estimate of drug-likeness (QED) is 0.837. The number of nitrogens with zero attached hydrogens (tertiary/aromatic N) is 1. The van der Waals surface area contributed by atoms with E-state index >= 15 is 0 Å². The highest BCUT2D eigenvalue weighted by Gasteiger charge is 2.43. The highest BCUT2D eigenvalue weighted by Crippen LogP contribution is 2.47. The molecule has 0 saturated heterocycles. The lowest BCUT2D eigenvalue weighted by Crippen LogP contribution is -2.22. The average molecular weight is 284 g/mol. The van der Waals surface area contributed by atoms with Crippen LogP contribution in [0.4, 0.5) is 0 Å². The van der Waals surface area contributed by atoms with Gasteiger partial charge in [0.05, 0.1) is 0 Å². The number of rotatable bonds is 3. The summed E-state index contributed by atoms with van der Waals surface area (Å²) in [6.07, 6.45) is 9.42. The predicted molar refractivity (Wildman–Crippen MR) is 85.2 cm³/mol. The van der Waals surface area contributed by atoms with E-state index in [0.717, 1.165) is 19.3 Å². The van der Waals surface area contributed by atoms with E-state index < -0.39 is 0 Å². The van der Waals surface area contributed by atoms with Crippen LogP contribution in [-0.2, 0) is 4.79 Å². The first-order valence-corrected chi connectivity index (χ1v) is 8.25. The van der Waals surface area contributed by atoms with Gasteiger partial charge in [0.15, 0.2) is 0 Å². The van der Waals surface area contributed by atoms with Gasteiger partial charge in [-0.1, -0.05) is 49.6 Å². The fourth-order valence-corrected chi connectivity index (χ4v) is 3.20. The van der Waals surface area contributed by atoms with Crippen LogP contribution in [0.15, 0.2) is 35.4 Å². The van der Waals surface area contributed by atoms with E-state index in [0.29, 0.717) is 5.92 Å². The molecule has 2 aliphatic carbocycles. The lowest BCUT2D eigenvalue weighted by molar-refractivity contribution is -0.122. The maximum Gasteiger partial charge on any atom is 0.243 e. The van der Waals surface area contributed by atoms with Crippen molar-refractivity contribution >= 4 is 11.6 Å². The van der Waals surface area contributed by atoms with Crippen LogP contribution in [0.1, 0.15) is 62.8 Å². The number of amides is 1. The number of hydrogen-bond acceptors (Lipinski definition) is 2. The largest absolute Gasteiger partial charge is 0.273 e. The molecule has 2 saturated carbocycles. The van der Waals surface area contributed by atoms with Gasteiger partial charge in [-0.15, -0.1) is 0 Å². The highest BCUT2D eigenvalue weighted by atomic mass is 16.2. The van der Waals surface area contributed by atoms with Gasteiger partial charge in [0.2, 0.25) is 5.91 Å². The monoisotopic (exact) mass is 284 g/mol. The van der Waals surface area contributed by atoms with E-state index in [1.807, 2.05) is 18.2 Å². The molecular weight excluding hydrogens is 260 g/mol. The molecule has 0 aliphatic heterocycles. The van der Waals surface area contributed by atoms with Crippen LogP contribution >= 0.6 is 0 Å². The maximum absolute atomic E-state index is 12.2. The van der Waals surface area contributed by atoms with E-state index in [1.54, 1.807) is 0 Å². The minimum absolute atomic E-state index is 0.0958. The number of hydrazone groups is 1. The fourth-order valence-electron chi connectivity index (χ4n) is 3.20. The van der Waals surface area contributed by atoms with Gasteiger partial charge in [-0.2, -0.15) is 5.10 Å². The first kappa shape index (κ1) is 14.3. The molecule has 3 rings (SSSR count). The first-order valence-electron chi connectivity index (χ1n) is 8.25. The van der Waals surface area contributed by atoms with E-state index in [-0.39, 0.29) is 11.8 Å². The Morgan fingerprint density at radius 2 is 1.67 bits per heavy atom. The smallest absolute Gasteiger partial charge is 0.243 e. The summed E-state index contributed by atoms with van der Waals surface area (Å²) < 4.78 is 0. The van der Waals surface area contributed by atoms with Crippen molar-refractivity contribution in [3.63, 3.8) is 0 Å². The molecule has 0 radical (unpaired) electrons. The molecule has 0 unspecified atom stereocenters. The molecular formula is C18H24N2O. The van der Waals surface area contributed by atoms with Crippen LogP contribution in [0.2, 0.25) is 0 Å². The SMILES string of the molecule is O=C(NN=C1CCCCCCC1)[C@@H]1C[C@@H]1c1ccccc1. The fraction of sp³-hybridized carbons (Fsp3) is 0.556. The standard InChI is InChI=1S/C18H24N2O/c21-18(17-13-16(17)14-9-5-4-6-10-14)20-19-15-11-7-2-1-3-8-12-15/h4-6,9-10,16-17H,1-3,7-8,11-13H2,(H,20,21)/t16-,17-/m1/s1. The highest BCUT2D eigenvalue weighted by molar-refractivity contribution is 5.88. The first-order chi connectivity index (χ1) is 10.3. The van der Waals surface area contributed by atoms with Crippen molar-refractivity contribution in [3.05, 3.63) is 35.9 Å². The van der Waals surface area contributed by atoms with Gasteiger partial charge < -0.3 is 0 Å². The van der Waals surface area contributed by atoms with Gasteiger partial charge in [-0.05, 0) is 43.6 Å².